The second kappa shape index (κ2) is 5.82. The van der Waals surface area contributed by atoms with Gasteiger partial charge in [-0.25, -0.2) is 4.39 Å². The minimum atomic E-state index is -0.227. The Bertz CT molecular complexity index is 386. The van der Waals surface area contributed by atoms with E-state index >= 15 is 0 Å². The minimum absolute atomic E-state index is 0.188. The maximum absolute atomic E-state index is 14.0. The summed E-state index contributed by atoms with van der Waals surface area (Å²) in [5.74, 6) is -0.227. The number of halogens is 1. The standard InChI is InChI=1S/C14H21FN2/c1-5-9-17(10(2)3)14-12(11(4)16)7-6-8-13(14)15/h5-8,10-11H,1,9,16H2,2-4H3/t11-/m0/s1. The summed E-state index contributed by atoms with van der Waals surface area (Å²) in [7, 11) is 0. The molecule has 0 radical (unpaired) electrons. The van der Waals surface area contributed by atoms with E-state index in [1.807, 2.05) is 31.7 Å². The summed E-state index contributed by atoms with van der Waals surface area (Å²) in [4.78, 5) is 1.97. The number of nitrogens with zero attached hydrogens (tertiary/aromatic N) is 1. The van der Waals surface area contributed by atoms with E-state index in [9.17, 15) is 4.39 Å². The van der Waals surface area contributed by atoms with Gasteiger partial charge in [0.2, 0.25) is 0 Å². The van der Waals surface area contributed by atoms with Crippen molar-refractivity contribution < 1.29 is 4.39 Å². The normalized spacial score (nSPS) is 12.6. The Balaban J connectivity index is 3.29. The van der Waals surface area contributed by atoms with Gasteiger partial charge in [0, 0.05) is 18.6 Å². The fourth-order valence-corrected chi connectivity index (χ4v) is 1.90. The number of hydrogen-bond donors (Lipinski definition) is 1. The number of para-hydroxylation sites is 1. The fourth-order valence-electron chi connectivity index (χ4n) is 1.90. The molecule has 17 heavy (non-hydrogen) atoms. The van der Waals surface area contributed by atoms with Crippen molar-refractivity contribution in [2.45, 2.75) is 32.9 Å². The van der Waals surface area contributed by atoms with Crippen molar-refractivity contribution in [1.29, 1.82) is 0 Å². The quantitative estimate of drug-likeness (QED) is 0.795. The summed E-state index contributed by atoms with van der Waals surface area (Å²) in [6.07, 6.45) is 1.78. The van der Waals surface area contributed by atoms with Crippen molar-refractivity contribution in [1.82, 2.24) is 0 Å². The molecule has 3 heteroatoms. The average Bonchev–Trinajstić information content (AvgIpc) is 2.25. The van der Waals surface area contributed by atoms with Crippen LogP contribution in [0.5, 0.6) is 0 Å². The van der Waals surface area contributed by atoms with Crippen molar-refractivity contribution in [3.05, 3.63) is 42.2 Å². The Morgan fingerprint density at radius 2 is 2.06 bits per heavy atom. The maximum Gasteiger partial charge on any atom is 0.146 e. The maximum atomic E-state index is 14.0. The van der Waals surface area contributed by atoms with Gasteiger partial charge in [0.05, 0.1) is 5.69 Å². The Hall–Kier alpha value is -1.35. The molecule has 0 aliphatic heterocycles. The van der Waals surface area contributed by atoms with E-state index in [0.717, 1.165) is 5.56 Å². The van der Waals surface area contributed by atoms with Gasteiger partial charge in [-0.15, -0.1) is 6.58 Å². The van der Waals surface area contributed by atoms with E-state index in [2.05, 4.69) is 6.58 Å². The number of anilines is 1. The van der Waals surface area contributed by atoms with Gasteiger partial charge in [0.15, 0.2) is 0 Å². The Kier molecular flexibility index (Phi) is 4.70. The van der Waals surface area contributed by atoms with Gasteiger partial charge in [-0.2, -0.15) is 0 Å². The topological polar surface area (TPSA) is 29.3 Å². The van der Waals surface area contributed by atoms with Gasteiger partial charge in [0.1, 0.15) is 5.82 Å². The summed E-state index contributed by atoms with van der Waals surface area (Å²) >= 11 is 0. The second-order valence-electron chi connectivity index (χ2n) is 4.50. The van der Waals surface area contributed by atoms with Gasteiger partial charge in [-0.05, 0) is 32.4 Å². The molecule has 0 aliphatic rings. The molecule has 1 aromatic rings. The molecule has 2 N–H and O–H groups in total. The first-order valence-corrected chi connectivity index (χ1v) is 5.90. The van der Waals surface area contributed by atoms with Crippen LogP contribution < -0.4 is 10.6 Å². The average molecular weight is 236 g/mol. The lowest BCUT2D eigenvalue weighted by atomic mass is 10.0. The summed E-state index contributed by atoms with van der Waals surface area (Å²) in [6, 6.07) is 5.06. The van der Waals surface area contributed by atoms with Crippen molar-refractivity contribution in [2.75, 3.05) is 11.4 Å². The van der Waals surface area contributed by atoms with Gasteiger partial charge >= 0.3 is 0 Å². The third kappa shape index (κ3) is 3.07. The molecule has 0 heterocycles. The van der Waals surface area contributed by atoms with Crippen molar-refractivity contribution in [2.24, 2.45) is 5.73 Å². The zero-order valence-corrected chi connectivity index (χ0v) is 10.8. The zero-order chi connectivity index (χ0) is 13.0. The zero-order valence-electron chi connectivity index (χ0n) is 10.8. The number of nitrogens with two attached hydrogens (primary N) is 1. The third-order valence-corrected chi connectivity index (χ3v) is 2.74. The van der Waals surface area contributed by atoms with Crippen LogP contribution in [0.3, 0.4) is 0 Å². The summed E-state index contributed by atoms with van der Waals surface area (Å²) in [6.45, 7) is 10.2. The van der Waals surface area contributed by atoms with E-state index in [1.54, 1.807) is 12.1 Å². The lowest BCUT2D eigenvalue weighted by Crippen LogP contribution is -2.33. The van der Waals surface area contributed by atoms with Crippen LogP contribution in [0.1, 0.15) is 32.4 Å². The van der Waals surface area contributed by atoms with E-state index < -0.39 is 0 Å². The fraction of sp³-hybridized carbons (Fsp3) is 0.429. The highest BCUT2D eigenvalue weighted by molar-refractivity contribution is 5.57. The first-order chi connectivity index (χ1) is 7.99. The number of hydrogen-bond acceptors (Lipinski definition) is 2. The first-order valence-electron chi connectivity index (χ1n) is 5.90. The monoisotopic (exact) mass is 236 g/mol. The SMILES string of the molecule is C=CCN(c1c(F)cccc1[C@H](C)N)C(C)C. The Morgan fingerprint density at radius 3 is 2.53 bits per heavy atom. The highest BCUT2D eigenvalue weighted by Gasteiger charge is 2.19. The Labute approximate surface area is 103 Å². The van der Waals surface area contributed by atoms with E-state index in [4.69, 9.17) is 5.73 Å². The molecule has 1 rings (SSSR count). The van der Waals surface area contributed by atoms with Gasteiger partial charge in [0.25, 0.3) is 0 Å². The lowest BCUT2D eigenvalue weighted by molar-refractivity contribution is 0.601. The molecule has 1 aromatic carbocycles. The molecule has 0 aliphatic carbocycles. The third-order valence-electron chi connectivity index (χ3n) is 2.74. The number of benzene rings is 1. The second-order valence-corrected chi connectivity index (χ2v) is 4.50. The first kappa shape index (κ1) is 13.7. The summed E-state index contributed by atoms with van der Waals surface area (Å²) in [5.41, 5.74) is 7.33. The molecule has 0 saturated carbocycles. The van der Waals surface area contributed by atoms with E-state index in [-0.39, 0.29) is 17.9 Å². The molecule has 94 valence electrons. The lowest BCUT2D eigenvalue weighted by Gasteiger charge is -2.31. The van der Waals surface area contributed by atoms with Crippen LogP contribution in [0.15, 0.2) is 30.9 Å². The van der Waals surface area contributed by atoms with Crippen molar-refractivity contribution in [3.63, 3.8) is 0 Å². The summed E-state index contributed by atoms with van der Waals surface area (Å²) < 4.78 is 14.0. The largest absolute Gasteiger partial charge is 0.363 e. The van der Waals surface area contributed by atoms with Crippen molar-refractivity contribution >= 4 is 5.69 Å². The van der Waals surface area contributed by atoms with Crippen LogP contribution in [0.4, 0.5) is 10.1 Å². The van der Waals surface area contributed by atoms with Gasteiger partial charge < -0.3 is 10.6 Å². The molecule has 2 nitrogen and oxygen atoms in total. The molecule has 0 unspecified atom stereocenters. The van der Waals surface area contributed by atoms with Crippen LogP contribution in [-0.2, 0) is 0 Å². The van der Waals surface area contributed by atoms with Crippen molar-refractivity contribution in [3.8, 4) is 0 Å². The summed E-state index contributed by atoms with van der Waals surface area (Å²) in [5, 5.41) is 0. The molecule has 0 aromatic heterocycles. The molecule has 0 amide bonds. The predicted octanol–water partition coefficient (Wildman–Crippen LogP) is 3.25. The smallest absolute Gasteiger partial charge is 0.146 e. The van der Waals surface area contributed by atoms with Gasteiger partial charge in [-0.1, -0.05) is 18.2 Å². The van der Waals surface area contributed by atoms with Crippen LogP contribution in [0.2, 0.25) is 0 Å². The van der Waals surface area contributed by atoms with Crippen LogP contribution in [-0.4, -0.2) is 12.6 Å². The molecule has 0 spiro atoms. The molecule has 0 bridgehead atoms. The molecular weight excluding hydrogens is 215 g/mol. The molecule has 0 fully saturated rings. The molecular formula is C14H21FN2. The minimum Gasteiger partial charge on any atom is -0.363 e. The molecule has 0 saturated heterocycles. The highest BCUT2D eigenvalue weighted by Crippen LogP contribution is 2.29. The van der Waals surface area contributed by atoms with Crippen LogP contribution in [0.25, 0.3) is 0 Å². The van der Waals surface area contributed by atoms with E-state index in [1.165, 1.54) is 6.07 Å². The predicted molar refractivity (Wildman–Crippen MR) is 71.7 cm³/mol. The van der Waals surface area contributed by atoms with Crippen LogP contribution in [0, 0.1) is 5.82 Å². The molecule has 1 atom stereocenters. The van der Waals surface area contributed by atoms with Crippen LogP contribution >= 0.6 is 0 Å². The van der Waals surface area contributed by atoms with E-state index in [0.29, 0.717) is 12.2 Å². The highest BCUT2D eigenvalue weighted by atomic mass is 19.1. The number of rotatable bonds is 5. The Morgan fingerprint density at radius 1 is 1.41 bits per heavy atom. The van der Waals surface area contributed by atoms with Gasteiger partial charge in [-0.3, -0.25) is 0 Å².